The van der Waals surface area contributed by atoms with Crippen LogP contribution in [0.2, 0.25) is 0 Å². The summed E-state index contributed by atoms with van der Waals surface area (Å²) in [7, 11) is 2.13. The number of carbonyl (C=O) groups is 1. The predicted octanol–water partition coefficient (Wildman–Crippen LogP) is 4.12. The van der Waals surface area contributed by atoms with E-state index in [4.69, 9.17) is 4.74 Å². The van der Waals surface area contributed by atoms with Gasteiger partial charge in [-0.25, -0.2) is 4.39 Å². The summed E-state index contributed by atoms with van der Waals surface area (Å²) >= 11 is 0. The maximum atomic E-state index is 13.5. The molecule has 0 N–H and O–H groups in total. The van der Waals surface area contributed by atoms with E-state index in [2.05, 4.69) is 16.8 Å². The number of aldehydes is 1. The molecular formula is C24H25FN2O2. The second-order valence-corrected chi connectivity index (χ2v) is 7.61. The Morgan fingerprint density at radius 3 is 2.48 bits per heavy atom. The smallest absolute Gasteiger partial charge is 0.151 e. The van der Waals surface area contributed by atoms with E-state index in [-0.39, 0.29) is 12.4 Å². The van der Waals surface area contributed by atoms with Gasteiger partial charge in [0.05, 0.1) is 0 Å². The molecular weight excluding hydrogens is 367 g/mol. The van der Waals surface area contributed by atoms with Crippen LogP contribution in [-0.4, -0.2) is 49.3 Å². The van der Waals surface area contributed by atoms with Gasteiger partial charge in [-0.3, -0.25) is 9.69 Å². The van der Waals surface area contributed by atoms with Crippen molar-refractivity contribution >= 4 is 17.1 Å². The largest absolute Gasteiger partial charge is 0.488 e. The molecule has 1 heterocycles. The number of halogens is 1. The molecule has 4 rings (SSSR count). The summed E-state index contributed by atoms with van der Waals surface area (Å²) in [5.41, 5.74) is 2.46. The number of ether oxygens (including phenoxy) is 1. The first-order valence-electron chi connectivity index (χ1n) is 9.92. The molecule has 1 saturated heterocycles. The van der Waals surface area contributed by atoms with Gasteiger partial charge in [0.15, 0.2) is 6.29 Å². The van der Waals surface area contributed by atoms with E-state index >= 15 is 0 Å². The summed E-state index contributed by atoms with van der Waals surface area (Å²) in [6, 6.07) is 16.2. The molecule has 0 unspecified atom stereocenters. The van der Waals surface area contributed by atoms with Crippen molar-refractivity contribution in [3.05, 3.63) is 77.1 Å². The number of likely N-dealkylation sites (N-methyl/N-ethyl adjacent to an activating group) is 1. The van der Waals surface area contributed by atoms with Gasteiger partial charge >= 0.3 is 0 Å². The molecule has 0 aromatic heterocycles. The second kappa shape index (κ2) is 8.72. The maximum Gasteiger partial charge on any atom is 0.151 e. The quantitative estimate of drug-likeness (QED) is 0.591. The highest BCUT2D eigenvalue weighted by Gasteiger charge is 2.18. The molecule has 0 amide bonds. The molecule has 3 aromatic carbocycles. The van der Waals surface area contributed by atoms with Crippen LogP contribution < -0.4 is 4.74 Å². The summed E-state index contributed by atoms with van der Waals surface area (Å²) in [5, 5.41) is 1.79. The molecule has 0 bridgehead atoms. The Bertz CT molecular complexity index is 1010. The van der Waals surface area contributed by atoms with Crippen molar-refractivity contribution in [2.24, 2.45) is 0 Å². The van der Waals surface area contributed by atoms with Gasteiger partial charge in [0.2, 0.25) is 0 Å². The number of hydrogen-bond donors (Lipinski definition) is 0. The van der Waals surface area contributed by atoms with E-state index in [9.17, 15) is 9.18 Å². The van der Waals surface area contributed by atoms with Gasteiger partial charge in [-0.15, -0.1) is 0 Å². The molecule has 0 saturated carbocycles. The highest BCUT2D eigenvalue weighted by Crippen LogP contribution is 2.32. The normalized spacial score (nSPS) is 15.5. The van der Waals surface area contributed by atoms with Crippen LogP contribution in [0, 0.1) is 5.82 Å². The van der Waals surface area contributed by atoms with Crippen molar-refractivity contribution in [2.75, 3.05) is 33.2 Å². The summed E-state index contributed by atoms with van der Waals surface area (Å²) < 4.78 is 19.6. The molecule has 0 atom stereocenters. The number of fused-ring (bicyclic) bond motifs is 1. The summed E-state index contributed by atoms with van der Waals surface area (Å²) in [5.74, 6) is 0.447. The number of piperazine rings is 1. The van der Waals surface area contributed by atoms with Crippen LogP contribution in [0.25, 0.3) is 10.8 Å². The fourth-order valence-corrected chi connectivity index (χ4v) is 3.84. The van der Waals surface area contributed by atoms with E-state index in [0.717, 1.165) is 65.7 Å². The molecule has 5 heteroatoms. The first kappa shape index (κ1) is 19.6. The lowest BCUT2D eigenvalue weighted by atomic mass is 9.98. The van der Waals surface area contributed by atoms with Gasteiger partial charge < -0.3 is 9.64 Å². The molecule has 4 nitrogen and oxygen atoms in total. The molecule has 0 spiro atoms. The zero-order valence-corrected chi connectivity index (χ0v) is 16.6. The van der Waals surface area contributed by atoms with E-state index < -0.39 is 0 Å². The van der Waals surface area contributed by atoms with E-state index in [1.807, 2.05) is 36.4 Å². The van der Waals surface area contributed by atoms with Crippen LogP contribution in [0.4, 0.5) is 4.39 Å². The molecule has 0 aliphatic carbocycles. The standard InChI is InChI=1S/C24H25FN2O2/c1-26-9-11-27(12-10-26)15-19-14-24(29-17-18-5-4-6-20(25)13-18)22-8-3-2-7-21(22)23(19)16-28/h2-8,13-14,16H,9-12,15,17H2,1H3. The van der Waals surface area contributed by atoms with E-state index in [0.29, 0.717) is 6.54 Å². The molecule has 150 valence electrons. The lowest BCUT2D eigenvalue weighted by Gasteiger charge is -2.32. The first-order valence-corrected chi connectivity index (χ1v) is 9.92. The number of benzene rings is 3. The van der Waals surface area contributed by atoms with Gasteiger partial charge in [0, 0.05) is 43.7 Å². The highest BCUT2D eigenvalue weighted by atomic mass is 19.1. The average molecular weight is 392 g/mol. The Morgan fingerprint density at radius 2 is 1.76 bits per heavy atom. The van der Waals surface area contributed by atoms with Crippen LogP contribution in [0.1, 0.15) is 21.5 Å². The topological polar surface area (TPSA) is 32.8 Å². The number of carbonyl (C=O) groups excluding carboxylic acids is 1. The summed E-state index contributed by atoms with van der Waals surface area (Å²) in [4.78, 5) is 16.6. The molecule has 1 fully saturated rings. The maximum absolute atomic E-state index is 13.5. The van der Waals surface area contributed by atoms with Gasteiger partial charge in [-0.2, -0.15) is 0 Å². The fraction of sp³-hybridized carbons (Fsp3) is 0.292. The van der Waals surface area contributed by atoms with Crippen molar-refractivity contribution in [1.29, 1.82) is 0 Å². The van der Waals surface area contributed by atoms with Gasteiger partial charge in [0.1, 0.15) is 18.2 Å². The van der Waals surface area contributed by atoms with Crippen LogP contribution in [0.3, 0.4) is 0 Å². The van der Waals surface area contributed by atoms with Crippen LogP contribution in [-0.2, 0) is 13.2 Å². The number of rotatable bonds is 6. The summed E-state index contributed by atoms with van der Waals surface area (Å²) in [6.45, 7) is 4.97. The Hall–Kier alpha value is -2.76. The number of nitrogens with zero attached hydrogens (tertiary/aromatic N) is 2. The fourth-order valence-electron chi connectivity index (χ4n) is 3.84. The minimum Gasteiger partial charge on any atom is -0.488 e. The van der Waals surface area contributed by atoms with Crippen LogP contribution in [0.15, 0.2) is 54.6 Å². The predicted molar refractivity (Wildman–Crippen MR) is 113 cm³/mol. The van der Waals surface area contributed by atoms with Crippen LogP contribution >= 0.6 is 0 Å². The monoisotopic (exact) mass is 392 g/mol. The third kappa shape index (κ3) is 4.47. The number of hydrogen-bond acceptors (Lipinski definition) is 4. The van der Waals surface area contributed by atoms with Crippen molar-refractivity contribution in [1.82, 2.24) is 9.80 Å². The van der Waals surface area contributed by atoms with E-state index in [1.54, 1.807) is 6.07 Å². The average Bonchev–Trinajstić information content (AvgIpc) is 2.74. The third-order valence-electron chi connectivity index (χ3n) is 5.53. The Kier molecular flexibility index (Phi) is 5.88. The molecule has 1 aliphatic heterocycles. The third-order valence-corrected chi connectivity index (χ3v) is 5.53. The highest BCUT2D eigenvalue weighted by molar-refractivity contribution is 6.02. The SMILES string of the molecule is CN1CCN(Cc2cc(OCc3cccc(F)c3)c3ccccc3c2C=O)CC1. The lowest BCUT2D eigenvalue weighted by Crippen LogP contribution is -2.44. The van der Waals surface area contributed by atoms with Crippen molar-refractivity contribution in [2.45, 2.75) is 13.2 Å². The molecule has 0 radical (unpaired) electrons. The Labute approximate surface area is 170 Å². The second-order valence-electron chi connectivity index (χ2n) is 7.61. The van der Waals surface area contributed by atoms with E-state index in [1.165, 1.54) is 12.1 Å². The lowest BCUT2D eigenvalue weighted by molar-refractivity contribution is 0.112. The Morgan fingerprint density at radius 1 is 1.00 bits per heavy atom. The minimum absolute atomic E-state index is 0.274. The zero-order chi connectivity index (χ0) is 20.2. The van der Waals surface area contributed by atoms with Crippen LogP contribution in [0.5, 0.6) is 5.75 Å². The molecule has 1 aliphatic rings. The van der Waals surface area contributed by atoms with Gasteiger partial charge in [-0.05, 0) is 41.8 Å². The van der Waals surface area contributed by atoms with Gasteiger partial charge in [-0.1, -0.05) is 36.4 Å². The first-order chi connectivity index (χ1) is 14.1. The minimum atomic E-state index is -0.275. The Balaban J connectivity index is 1.66. The van der Waals surface area contributed by atoms with Crippen molar-refractivity contribution < 1.29 is 13.9 Å². The van der Waals surface area contributed by atoms with Gasteiger partial charge in [0.25, 0.3) is 0 Å². The summed E-state index contributed by atoms with van der Waals surface area (Å²) in [6.07, 6.45) is 0.949. The molecule has 3 aromatic rings. The van der Waals surface area contributed by atoms with Crippen molar-refractivity contribution in [3.63, 3.8) is 0 Å². The molecule has 29 heavy (non-hydrogen) atoms. The zero-order valence-electron chi connectivity index (χ0n) is 16.6. The van der Waals surface area contributed by atoms with Crippen molar-refractivity contribution in [3.8, 4) is 5.75 Å².